The lowest BCUT2D eigenvalue weighted by atomic mass is 10.1. The van der Waals surface area contributed by atoms with Gasteiger partial charge in [-0.2, -0.15) is 4.98 Å². The lowest BCUT2D eigenvalue weighted by Crippen LogP contribution is -2.23. The van der Waals surface area contributed by atoms with E-state index >= 15 is 0 Å². The number of nitrogens with one attached hydrogen (secondary N) is 2. The fraction of sp³-hybridized carbons (Fsp3) is 0.190. The van der Waals surface area contributed by atoms with Crippen molar-refractivity contribution < 1.29 is 19.2 Å². The average molecular weight is 420 g/mol. The predicted molar refractivity (Wildman–Crippen MR) is 111 cm³/mol. The first-order chi connectivity index (χ1) is 15.0. The summed E-state index contributed by atoms with van der Waals surface area (Å²) in [5.41, 5.74) is 3.22. The van der Waals surface area contributed by atoms with Crippen LogP contribution in [0.15, 0.2) is 53.3 Å². The van der Waals surface area contributed by atoms with Crippen LogP contribution < -0.4 is 10.6 Å². The van der Waals surface area contributed by atoms with Crippen molar-refractivity contribution in [1.82, 2.24) is 24.8 Å². The van der Waals surface area contributed by atoms with Gasteiger partial charge in [-0.05, 0) is 30.7 Å². The molecule has 3 aromatic heterocycles. The summed E-state index contributed by atoms with van der Waals surface area (Å²) in [7, 11) is 0. The van der Waals surface area contributed by atoms with Gasteiger partial charge < -0.3 is 20.3 Å². The Morgan fingerprint density at radius 3 is 2.94 bits per heavy atom. The smallest absolute Gasteiger partial charge is 0.274 e. The first-order valence-electron chi connectivity index (χ1n) is 9.60. The molecule has 31 heavy (non-hydrogen) atoms. The second-order valence-electron chi connectivity index (χ2n) is 6.82. The molecule has 0 radical (unpaired) electrons. The van der Waals surface area contributed by atoms with Gasteiger partial charge in [-0.25, -0.2) is 4.98 Å². The average Bonchev–Trinajstić information content (AvgIpc) is 3.41. The van der Waals surface area contributed by atoms with Gasteiger partial charge in [0, 0.05) is 23.9 Å². The Morgan fingerprint density at radius 2 is 2.10 bits per heavy atom. The van der Waals surface area contributed by atoms with Gasteiger partial charge in [0.2, 0.25) is 17.6 Å². The first kappa shape index (κ1) is 20.2. The third-order valence-electron chi connectivity index (χ3n) is 4.64. The molecular weight excluding hydrogens is 400 g/mol. The Hall–Kier alpha value is -4.05. The van der Waals surface area contributed by atoms with Crippen molar-refractivity contribution in [2.45, 2.75) is 19.9 Å². The number of pyridine rings is 1. The summed E-state index contributed by atoms with van der Waals surface area (Å²) in [6.07, 6.45) is 3.32. The number of anilines is 1. The van der Waals surface area contributed by atoms with Crippen molar-refractivity contribution in [2.75, 3.05) is 11.9 Å². The Balaban J connectivity index is 1.51. The summed E-state index contributed by atoms with van der Waals surface area (Å²) >= 11 is 0. The van der Waals surface area contributed by atoms with Crippen molar-refractivity contribution in [3.63, 3.8) is 0 Å². The SMILES string of the molecule is Cc1ccc(-c2noc(CNC(=O)CCO)n2)cc1NC(=O)c1cnc2ccccn12. The number of imidazole rings is 1. The molecule has 3 N–H and O–H groups in total. The number of nitrogens with zero attached hydrogens (tertiary/aromatic N) is 4. The monoisotopic (exact) mass is 420 g/mol. The van der Waals surface area contributed by atoms with E-state index in [1.165, 1.54) is 6.20 Å². The molecule has 0 unspecified atom stereocenters. The number of carbonyl (C=O) groups excluding carboxylic acids is 2. The summed E-state index contributed by atoms with van der Waals surface area (Å²) in [4.78, 5) is 32.8. The zero-order valence-corrected chi connectivity index (χ0v) is 16.7. The second-order valence-corrected chi connectivity index (χ2v) is 6.82. The predicted octanol–water partition coefficient (Wildman–Crippen LogP) is 1.94. The molecule has 4 aromatic rings. The highest BCUT2D eigenvalue weighted by atomic mass is 16.5. The number of benzene rings is 1. The molecule has 0 aliphatic rings. The summed E-state index contributed by atoms with van der Waals surface area (Å²) in [5.74, 6) is -0.0378. The minimum atomic E-state index is -0.310. The molecule has 0 aliphatic carbocycles. The number of hydrogen-bond donors (Lipinski definition) is 3. The van der Waals surface area contributed by atoms with Crippen LogP contribution in [0.5, 0.6) is 0 Å². The maximum atomic E-state index is 12.8. The highest BCUT2D eigenvalue weighted by molar-refractivity contribution is 6.04. The Kier molecular flexibility index (Phi) is 5.72. The van der Waals surface area contributed by atoms with Crippen molar-refractivity contribution in [3.05, 3.63) is 65.9 Å². The van der Waals surface area contributed by atoms with Crippen LogP contribution >= 0.6 is 0 Å². The van der Waals surface area contributed by atoms with Crippen LogP contribution in [0.1, 0.15) is 28.4 Å². The third-order valence-corrected chi connectivity index (χ3v) is 4.64. The van der Waals surface area contributed by atoms with E-state index in [1.807, 2.05) is 37.3 Å². The van der Waals surface area contributed by atoms with Gasteiger partial charge in [-0.1, -0.05) is 23.4 Å². The molecule has 4 rings (SSSR count). The molecule has 10 nitrogen and oxygen atoms in total. The number of aryl methyl sites for hydroxylation is 1. The lowest BCUT2D eigenvalue weighted by Gasteiger charge is -2.09. The van der Waals surface area contributed by atoms with E-state index in [0.29, 0.717) is 28.4 Å². The number of aliphatic hydroxyl groups is 1. The standard InChI is InChI=1S/C21H20N6O4/c1-13-5-6-14(20-25-19(31-26-20)12-23-18(29)7-9-28)10-15(13)24-21(30)16-11-22-17-4-2-3-8-27(16)17/h2-6,8,10-11,28H,7,9,12H2,1H3,(H,23,29)(H,24,30). The summed E-state index contributed by atoms with van der Waals surface area (Å²) < 4.78 is 6.88. The summed E-state index contributed by atoms with van der Waals surface area (Å²) in [5, 5.41) is 18.2. The van der Waals surface area contributed by atoms with Crippen molar-refractivity contribution >= 4 is 23.1 Å². The zero-order chi connectivity index (χ0) is 21.8. The maximum Gasteiger partial charge on any atom is 0.274 e. The molecule has 0 fully saturated rings. The highest BCUT2D eigenvalue weighted by Gasteiger charge is 2.15. The van der Waals surface area contributed by atoms with Crippen LogP contribution in [-0.4, -0.2) is 43.1 Å². The molecule has 0 aliphatic heterocycles. The zero-order valence-electron chi connectivity index (χ0n) is 16.7. The summed E-state index contributed by atoms with van der Waals surface area (Å²) in [6, 6.07) is 10.9. The number of amides is 2. The fourth-order valence-corrected chi connectivity index (χ4v) is 2.99. The van der Waals surface area contributed by atoms with Gasteiger partial charge in [-0.15, -0.1) is 0 Å². The van der Waals surface area contributed by atoms with Crippen LogP contribution in [0.2, 0.25) is 0 Å². The minimum Gasteiger partial charge on any atom is -0.396 e. The largest absolute Gasteiger partial charge is 0.396 e. The van der Waals surface area contributed by atoms with Crippen LogP contribution in [-0.2, 0) is 11.3 Å². The Morgan fingerprint density at radius 1 is 1.23 bits per heavy atom. The van der Waals surface area contributed by atoms with E-state index in [1.54, 1.807) is 16.7 Å². The summed E-state index contributed by atoms with van der Waals surface area (Å²) in [6.45, 7) is 1.72. The molecule has 2 amide bonds. The molecule has 0 saturated carbocycles. The van der Waals surface area contributed by atoms with Gasteiger partial charge in [0.05, 0.1) is 19.3 Å². The number of rotatable bonds is 7. The first-order valence-corrected chi connectivity index (χ1v) is 9.60. The molecular formula is C21H20N6O4. The molecule has 158 valence electrons. The highest BCUT2D eigenvalue weighted by Crippen LogP contribution is 2.24. The van der Waals surface area contributed by atoms with Gasteiger partial charge in [-0.3, -0.25) is 14.0 Å². The van der Waals surface area contributed by atoms with Crippen molar-refractivity contribution in [1.29, 1.82) is 0 Å². The van der Waals surface area contributed by atoms with E-state index in [2.05, 4.69) is 25.8 Å². The van der Waals surface area contributed by atoms with Gasteiger partial charge in [0.25, 0.3) is 5.91 Å². The molecule has 0 atom stereocenters. The maximum absolute atomic E-state index is 12.8. The normalized spacial score (nSPS) is 10.9. The van der Waals surface area contributed by atoms with Crippen molar-refractivity contribution in [3.8, 4) is 11.4 Å². The lowest BCUT2D eigenvalue weighted by molar-refractivity contribution is -0.122. The van der Waals surface area contributed by atoms with E-state index in [9.17, 15) is 9.59 Å². The minimum absolute atomic E-state index is 0.00842. The van der Waals surface area contributed by atoms with E-state index in [0.717, 1.165) is 5.56 Å². The quantitative estimate of drug-likeness (QED) is 0.416. The second kappa shape index (κ2) is 8.76. The number of hydrogen-bond acceptors (Lipinski definition) is 7. The number of carbonyl (C=O) groups is 2. The number of aromatic nitrogens is 4. The number of fused-ring (bicyclic) bond motifs is 1. The third kappa shape index (κ3) is 4.43. The van der Waals surface area contributed by atoms with Gasteiger partial charge in [0.15, 0.2) is 0 Å². The molecule has 0 bridgehead atoms. The van der Waals surface area contributed by atoms with E-state index < -0.39 is 0 Å². The topological polar surface area (TPSA) is 135 Å². The van der Waals surface area contributed by atoms with E-state index in [4.69, 9.17) is 9.63 Å². The van der Waals surface area contributed by atoms with Gasteiger partial charge in [0.1, 0.15) is 11.3 Å². The molecule has 0 saturated heterocycles. The van der Waals surface area contributed by atoms with E-state index in [-0.39, 0.29) is 37.3 Å². The Bertz CT molecular complexity index is 1250. The molecule has 3 heterocycles. The number of aliphatic hydroxyl groups excluding tert-OH is 1. The van der Waals surface area contributed by atoms with Crippen LogP contribution in [0.25, 0.3) is 17.0 Å². The van der Waals surface area contributed by atoms with Gasteiger partial charge >= 0.3 is 0 Å². The van der Waals surface area contributed by atoms with Crippen LogP contribution in [0.3, 0.4) is 0 Å². The molecule has 0 spiro atoms. The Labute approximate surface area is 176 Å². The fourth-order valence-electron chi connectivity index (χ4n) is 2.99. The van der Waals surface area contributed by atoms with Crippen molar-refractivity contribution in [2.24, 2.45) is 0 Å². The molecule has 10 heteroatoms. The molecule has 1 aromatic carbocycles. The van der Waals surface area contributed by atoms with Crippen LogP contribution in [0, 0.1) is 6.92 Å². The van der Waals surface area contributed by atoms with Crippen LogP contribution in [0.4, 0.5) is 5.69 Å².